The lowest BCUT2D eigenvalue weighted by atomic mass is 9.98. The minimum atomic E-state index is -0.332. The Morgan fingerprint density at radius 2 is 1.65 bits per heavy atom. The number of carbonyl (C=O) groups excluding carboxylic acids is 3. The molecule has 0 saturated carbocycles. The molecule has 6 nitrogen and oxygen atoms in total. The van der Waals surface area contributed by atoms with Gasteiger partial charge in [0.2, 0.25) is 0 Å². The van der Waals surface area contributed by atoms with E-state index in [0.29, 0.717) is 34.6 Å². The molecule has 34 heavy (non-hydrogen) atoms. The van der Waals surface area contributed by atoms with Crippen molar-refractivity contribution in [3.63, 3.8) is 0 Å². The second-order valence-electron chi connectivity index (χ2n) is 8.65. The highest BCUT2D eigenvalue weighted by Gasteiger charge is 2.35. The lowest BCUT2D eigenvalue weighted by Gasteiger charge is -2.19. The van der Waals surface area contributed by atoms with Gasteiger partial charge in [-0.05, 0) is 60.7 Å². The molecule has 3 aromatic carbocycles. The summed E-state index contributed by atoms with van der Waals surface area (Å²) in [6, 6.07) is 17.9. The number of para-hydroxylation sites is 1. The zero-order chi connectivity index (χ0) is 24.4. The van der Waals surface area contributed by atoms with Crippen LogP contribution in [0.2, 0.25) is 0 Å². The molecule has 3 amide bonds. The van der Waals surface area contributed by atoms with Crippen molar-refractivity contribution in [2.45, 2.75) is 40.2 Å². The van der Waals surface area contributed by atoms with E-state index < -0.39 is 0 Å². The van der Waals surface area contributed by atoms with Gasteiger partial charge in [-0.3, -0.25) is 19.3 Å². The van der Waals surface area contributed by atoms with Crippen LogP contribution in [0.3, 0.4) is 0 Å². The minimum absolute atomic E-state index is 0.0701. The largest absolute Gasteiger partial charge is 0.493 e. The van der Waals surface area contributed by atoms with E-state index in [4.69, 9.17) is 4.74 Å². The zero-order valence-corrected chi connectivity index (χ0v) is 19.8. The van der Waals surface area contributed by atoms with Crippen LogP contribution in [0.5, 0.6) is 5.75 Å². The number of hydrogen-bond donors (Lipinski definition) is 1. The predicted molar refractivity (Wildman–Crippen MR) is 131 cm³/mol. The molecule has 0 unspecified atom stereocenters. The summed E-state index contributed by atoms with van der Waals surface area (Å²) in [7, 11) is 0. The molecule has 4 rings (SSSR count). The first kappa shape index (κ1) is 23.2. The van der Waals surface area contributed by atoms with Crippen molar-refractivity contribution in [2.24, 2.45) is 0 Å². The van der Waals surface area contributed by atoms with Crippen molar-refractivity contribution < 1.29 is 19.1 Å². The van der Waals surface area contributed by atoms with Crippen LogP contribution in [0.15, 0.2) is 60.7 Å². The SMILES string of the molecule is CCOc1ccc(CN2C(=O)c3ccccc3C2=O)cc1C(=O)Nc1c(C)cccc1C(C)C. The number of hydrogen-bond acceptors (Lipinski definition) is 4. The van der Waals surface area contributed by atoms with E-state index >= 15 is 0 Å². The number of anilines is 1. The van der Waals surface area contributed by atoms with Crippen LogP contribution in [0, 0.1) is 6.92 Å². The molecule has 0 aromatic heterocycles. The van der Waals surface area contributed by atoms with E-state index in [1.54, 1.807) is 42.5 Å². The first-order chi connectivity index (χ1) is 16.3. The number of amides is 3. The van der Waals surface area contributed by atoms with Crippen LogP contribution < -0.4 is 10.1 Å². The Morgan fingerprint density at radius 1 is 0.971 bits per heavy atom. The quantitative estimate of drug-likeness (QED) is 0.472. The molecule has 6 heteroatoms. The number of rotatable bonds is 7. The van der Waals surface area contributed by atoms with Crippen molar-refractivity contribution in [1.82, 2.24) is 4.90 Å². The molecule has 0 aliphatic carbocycles. The Kier molecular flexibility index (Phi) is 6.50. The third kappa shape index (κ3) is 4.31. The van der Waals surface area contributed by atoms with Gasteiger partial charge >= 0.3 is 0 Å². The number of imide groups is 1. The van der Waals surface area contributed by atoms with Gasteiger partial charge in [0.05, 0.1) is 29.8 Å². The Labute approximate surface area is 199 Å². The fraction of sp³-hybridized carbons (Fsp3) is 0.250. The number of fused-ring (bicyclic) bond motifs is 1. The number of ether oxygens (including phenoxy) is 1. The van der Waals surface area contributed by atoms with Gasteiger partial charge in [0.25, 0.3) is 17.7 Å². The summed E-state index contributed by atoms with van der Waals surface area (Å²) in [6.07, 6.45) is 0. The van der Waals surface area contributed by atoms with E-state index in [9.17, 15) is 14.4 Å². The Morgan fingerprint density at radius 3 is 2.26 bits per heavy atom. The number of carbonyl (C=O) groups is 3. The van der Waals surface area contributed by atoms with Gasteiger partial charge < -0.3 is 10.1 Å². The van der Waals surface area contributed by atoms with E-state index in [0.717, 1.165) is 16.8 Å². The summed E-state index contributed by atoms with van der Waals surface area (Å²) in [5.41, 5.74) is 4.63. The summed E-state index contributed by atoms with van der Waals surface area (Å²) in [5, 5.41) is 3.06. The summed E-state index contributed by atoms with van der Waals surface area (Å²) in [4.78, 5) is 40.2. The molecule has 0 atom stereocenters. The highest BCUT2D eigenvalue weighted by Crippen LogP contribution is 2.30. The monoisotopic (exact) mass is 456 g/mol. The average Bonchev–Trinajstić information content (AvgIpc) is 3.06. The molecule has 0 spiro atoms. The summed E-state index contributed by atoms with van der Waals surface area (Å²) in [5.74, 6) is -0.277. The first-order valence-corrected chi connectivity index (χ1v) is 11.4. The summed E-state index contributed by atoms with van der Waals surface area (Å²) < 4.78 is 5.71. The van der Waals surface area contributed by atoms with Gasteiger partial charge in [0, 0.05) is 5.69 Å². The van der Waals surface area contributed by atoms with Crippen LogP contribution in [-0.4, -0.2) is 29.2 Å². The zero-order valence-electron chi connectivity index (χ0n) is 19.8. The lowest BCUT2D eigenvalue weighted by Crippen LogP contribution is -2.29. The van der Waals surface area contributed by atoms with Crippen LogP contribution in [0.25, 0.3) is 0 Å². The number of aryl methyl sites for hydroxylation is 1. The molecule has 0 bridgehead atoms. The van der Waals surface area contributed by atoms with Crippen molar-refractivity contribution in [3.05, 3.63) is 94.0 Å². The Balaban J connectivity index is 1.65. The maximum Gasteiger partial charge on any atom is 0.261 e. The van der Waals surface area contributed by atoms with Gasteiger partial charge in [-0.15, -0.1) is 0 Å². The molecule has 3 aromatic rings. The standard InChI is InChI=1S/C28H28N2O4/c1-5-34-24-14-13-19(16-30-27(32)21-10-6-7-11-22(21)28(30)33)15-23(24)26(31)29-25-18(4)9-8-12-20(25)17(2)3/h6-15,17H,5,16H2,1-4H3,(H,29,31). The summed E-state index contributed by atoms with van der Waals surface area (Å²) in [6.45, 7) is 8.45. The van der Waals surface area contributed by atoms with Crippen LogP contribution in [0.4, 0.5) is 5.69 Å². The van der Waals surface area contributed by atoms with E-state index in [-0.39, 0.29) is 30.2 Å². The molecule has 0 fully saturated rings. The van der Waals surface area contributed by atoms with Crippen molar-refractivity contribution in [1.29, 1.82) is 0 Å². The minimum Gasteiger partial charge on any atom is -0.493 e. The third-order valence-electron chi connectivity index (χ3n) is 5.97. The molecule has 1 heterocycles. The lowest BCUT2D eigenvalue weighted by molar-refractivity contribution is 0.0642. The maximum absolute atomic E-state index is 13.4. The number of nitrogens with one attached hydrogen (secondary N) is 1. The van der Waals surface area contributed by atoms with Crippen LogP contribution >= 0.6 is 0 Å². The van der Waals surface area contributed by atoms with E-state index in [2.05, 4.69) is 19.2 Å². The molecular weight excluding hydrogens is 428 g/mol. The summed E-state index contributed by atoms with van der Waals surface area (Å²) >= 11 is 0. The molecule has 1 aliphatic rings. The van der Waals surface area contributed by atoms with Crippen molar-refractivity contribution in [3.8, 4) is 5.75 Å². The molecule has 1 N–H and O–H groups in total. The van der Waals surface area contributed by atoms with Gasteiger partial charge in [-0.2, -0.15) is 0 Å². The second-order valence-corrected chi connectivity index (χ2v) is 8.65. The molecule has 0 saturated heterocycles. The topological polar surface area (TPSA) is 75.7 Å². The van der Waals surface area contributed by atoms with Crippen molar-refractivity contribution in [2.75, 3.05) is 11.9 Å². The second kappa shape index (κ2) is 9.51. The predicted octanol–water partition coefficient (Wildman–Crippen LogP) is 5.57. The van der Waals surface area contributed by atoms with Gasteiger partial charge in [0.1, 0.15) is 5.75 Å². The number of benzene rings is 3. The normalized spacial score (nSPS) is 12.8. The fourth-order valence-electron chi connectivity index (χ4n) is 4.22. The average molecular weight is 457 g/mol. The smallest absolute Gasteiger partial charge is 0.261 e. The van der Waals surface area contributed by atoms with Gasteiger partial charge in [-0.1, -0.05) is 50.2 Å². The number of nitrogens with zero attached hydrogens (tertiary/aromatic N) is 1. The van der Waals surface area contributed by atoms with Crippen molar-refractivity contribution >= 4 is 23.4 Å². The highest BCUT2D eigenvalue weighted by molar-refractivity contribution is 6.21. The van der Waals surface area contributed by atoms with Crippen LogP contribution in [-0.2, 0) is 6.54 Å². The van der Waals surface area contributed by atoms with Gasteiger partial charge in [-0.25, -0.2) is 0 Å². The van der Waals surface area contributed by atoms with Gasteiger partial charge in [0.15, 0.2) is 0 Å². The molecule has 174 valence electrons. The van der Waals surface area contributed by atoms with E-state index in [1.165, 1.54) is 4.90 Å². The van der Waals surface area contributed by atoms with Crippen LogP contribution in [0.1, 0.15) is 74.5 Å². The first-order valence-electron chi connectivity index (χ1n) is 11.4. The van der Waals surface area contributed by atoms with E-state index in [1.807, 2.05) is 32.0 Å². The Bertz CT molecular complexity index is 1240. The fourth-order valence-corrected chi connectivity index (χ4v) is 4.22. The maximum atomic E-state index is 13.4. The molecule has 0 radical (unpaired) electrons. The highest BCUT2D eigenvalue weighted by atomic mass is 16.5. The Hall–Kier alpha value is -3.93. The molecular formula is C28H28N2O4. The molecule has 1 aliphatic heterocycles. The third-order valence-corrected chi connectivity index (χ3v) is 5.97.